The van der Waals surface area contributed by atoms with Crippen LogP contribution in [0.2, 0.25) is 0 Å². The zero-order valence-corrected chi connectivity index (χ0v) is 19.9. The molecule has 6 nitrogen and oxygen atoms in total. The van der Waals surface area contributed by atoms with E-state index in [4.69, 9.17) is 4.42 Å². The molecular formula is C29H29N3O3. The molecule has 0 saturated carbocycles. The molecule has 0 aliphatic carbocycles. The van der Waals surface area contributed by atoms with Crippen molar-refractivity contribution in [3.63, 3.8) is 0 Å². The minimum absolute atomic E-state index is 0.0615. The molecule has 1 fully saturated rings. The summed E-state index contributed by atoms with van der Waals surface area (Å²) in [6.07, 6.45) is 0. The number of para-hydroxylation sites is 1. The summed E-state index contributed by atoms with van der Waals surface area (Å²) in [6.45, 7) is 7.01. The van der Waals surface area contributed by atoms with Crippen LogP contribution in [-0.4, -0.2) is 50.1 Å². The first kappa shape index (κ1) is 22.9. The molecule has 1 aromatic heterocycles. The van der Waals surface area contributed by atoms with Crippen LogP contribution in [0.25, 0.3) is 21.9 Å². The number of piperazine rings is 1. The number of amides is 1. The maximum absolute atomic E-state index is 13.2. The van der Waals surface area contributed by atoms with Crippen LogP contribution >= 0.6 is 0 Å². The minimum Gasteiger partial charge on any atom is -0.416 e. The van der Waals surface area contributed by atoms with Crippen molar-refractivity contribution in [3.05, 3.63) is 101 Å². The number of carbonyl (C=O) groups is 1. The summed E-state index contributed by atoms with van der Waals surface area (Å²) in [5.74, 6) is -0.308. The number of benzene rings is 3. The van der Waals surface area contributed by atoms with Crippen LogP contribution in [0.15, 0.2) is 88.1 Å². The standard InChI is InChI=1S/C29H29N3O3/c1-21-11-13-22(14-12-21)26-24-9-5-6-10-25(24)29(34)35-27(26)28(33)30-15-16-31-17-19-32(20-18-31)23-7-3-2-4-8-23/h2-14H,15-20H2,1H3,(H,30,33). The van der Waals surface area contributed by atoms with Crippen molar-refractivity contribution in [2.75, 3.05) is 44.2 Å². The zero-order valence-electron chi connectivity index (χ0n) is 19.9. The third-order valence-electron chi connectivity index (χ3n) is 6.59. The molecule has 178 valence electrons. The number of hydrogen-bond acceptors (Lipinski definition) is 5. The van der Waals surface area contributed by atoms with E-state index in [9.17, 15) is 9.59 Å². The second-order valence-corrected chi connectivity index (χ2v) is 8.93. The molecule has 0 bridgehead atoms. The molecule has 4 aromatic rings. The first-order valence-electron chi connectivity index (χ1n) is 12.0. The van der Waals surface area contributed by atoms with Crippen LogP contribution in [0.5, 0.6) is 0 Å². The van der Waals surface area contributed by atoms with Gasteiger partial charge in [-0.05, 0) is 30.7 Å². The predicted octanol–water partition coefficient (Wildman–Crippen LogP) is 4.32. The second-order valence-electron chi connectivity index (χ2n) is 8.93. The zero-order chi connectivity index (χ0) is 24.2. The highest BCUT2D eigenvalue weighted by molar-refractivity contribution is 6.07. The minimum atomic E-state index is -0.501. The molecule has 1 aliphatic rings. The van der Waals surface area contributed by atoms with Gasteiger partial charge in [0.1, 0.15) is 0 Å². The summed E-state index contributed by atoms with van der Waals surface area (Å²) in [6, 6.07) is 25.6. The average molecular weight is 468 g/mol. The molecule has 6 heteroatoms. The van der Waals surface area contributed by atoms with Crippen molar-refractivity contribution in [3.8, 4) is 11.1 Å². The van der Waals surface area contributed by atoms with Crippen molar-refractivity contribution in [1.82, 2.24) is 10.2 Å². The second kappa shape index (κ2) is 10.2. The molecule has 1 N–H and O–H groups in total. The summed E-state index contributed by atoms with van der Waals surface area (Å²) in [5, 5.41) is 4.16. The number of anilines is 1. The molecule has 35 heavy (non-hydrogen) atoms. The molecule has 1 aliphatic heterocycles. The predicted molar refractivity (Wildman–Crippen MR) is 140 cm³/mol. The number of hydrogen-bond donors (Lipinski definition) is 1. The van der Waals surface area contributed by atoms with Gasteiger partial charge >= 0.3 is 5.63 Å². The number of nitrogens with zero attached hydrogens (tertiary/aromatic N) is 2. The average Bonchev–Trinajstić information content (AvgIpc) is 2.90. The maximum Gasteiger partial charge on any atom is 0.344 e. The molecule has 0 unspecified atom stereocenters. The van der Waals surface area contributed by atoms with Gasteiger partial charge in [-0.25, -0.2) is 4.79 Å². The highest BCUT2D eigenvalue weighted by Crippen LogP contribution is 2.31. The van der Waals surface area contributed by atoms with Gasteiger partial charge in [0.2, 0.25) is 5.76 Å². The van der Waals surface area contributed by atoms with E-state index in [-0.39, 0.29) is 11.7 Å². The Morgan fingerprint density at radius 2 is 1.51 bits per heavy atom. The summed E-state index contributed by atoms with van der Waals surface area (Å²) < 4.78 is 5.59. The lowest BCUT2D eigenvalue weighted by atomic mass is 9.97. The molecule has 3 aromatic carbocycles. The number of rotatable bonds is 6. The van der Waals surface area contributed by atoms with E-state index < -0.39 is 5.63 Å². The van der Waals surface area contributed by atoms with Crippen molar-refractivity contribution >= 4 is 22.4 Å². The summed E-state index contributed by atoms with van der Waals surface area (Å²) >= 11 is 0. The smallest absolute Gasteiger partial charge is 0.344 e. The number of carbonyl (C=O) groups excluding carboxylic acids is 1. The molecule has 0 spiro atoms. The van der Waals surface area contributed by atoms with Crippen LogP contribution in [-0.2, 0) is 0 Å². The Morgan fingerprint density at radius 3 is 2.23 bits per heavy atom. The molecular weight excluding hydrogens is 438 g/mol. The first-order valence-corrected chi connectivity index (χ1v) is 12.0. The van der Waals surface area contributed by atoms with Crippen LogP contribution in [0.1, 0.15) is 16.1 Å². The highest BCUT2D eigenvalue weighted by atomic mass is 16.4. The van der Waals surface area contributed by atoms with Gasteiger partial charge in [-0.15, -0.1) is 0 Å². The van der Waals surface area contributed by atoms with E-state index >= 15 is 0 Å². The van der Waals surface area contributed by atoms with Crippen LogP contribution in [0.3, 0.4) is 0 Å². The Morgan fingerprint density at radius 1 is 0.857 bits per heavy atom. The monoisotopic (exact) mass is 467 g/mol. The van der Waals surface area contributed by atoms with Crippen molar-refractivity contribution in [1.29, 1.82) is 0 Å². The van der Waals surface area contributed by atoms with Gasteiger partial charge in [-0.1, -0.05) is 66.2 Å². The molecule has 5 rings (SSSR count). The van der Waals surface area contributed by atoms with E-state index in [0.29, 0.717) is 17.5 Å². The Balaban J connectivity index is 1.29. The van der Waals surface area contributed by atoms with Crippen LogP contribution in [0.4, 0.5) is 5.69 Å². The fraction of sp³-hybridized carbons (Fsp3) is 0.241. The molecule has 1 amide bonds. The van der Waals surface area contributed by atoms with E-state index in [2.05, 4.69) is 39.4 Å². The Labute approximate surface area is 204 Å². The van der Waals surface area contributed by atoms with E-state index in [0.717, 1.165) is 49.2 Å². The van der Waals surface area contributed by atoms with Gasteiger partial charge in [0.15, 0.2) is 0 Å². The van der Waals surface area contributed by atoms with Gasteiger partial charge in [0.25, 0.3) is 5.91 Å². The van der Waals surface area contributed by atoms with Crippen molar-refractivity contribution in [2.45, 2.75) is 6.92 Å². The normalized spacial score (nSPS) is 14.3. The fourth-order valence-electron chi connectivity index (χ4n) is 4.64. The van der Waals surface area contributed by atoms with E-state index in [1.807, 2.05) is 49.4 Å². The third kappa shape index (κ3) is 4.98. The van der Waals surface area contributed by atoms with Gasteiger partial charge in [-0.2, -0.15) is 0 Å². The SMILES string of the molecule is Cc1ccc(-c2c(C(=O)NCCN3CCN(c4ccccc4)CC3)oc(=O)c3ccccc23)cc1. The molecule has 2 heterocycles. The lowest BCUT2D eigenvalue weighted by Crippen LogP contribution is -2.48. The fourth-order valence-corrected chi connectivity index (χ4v) is 4.64. The third-order valence-corrected chi connectivity index (χ3v) is 6.59. The Kier molecular flexibility index (Phi) is 6.64. The molecule has 0 radical (unpaired) electrons. The topological polar surface area (TPSA) is 65.8 Å². The van der Waals surface area contributed by atoms with Crippen LogP contribution in [0, 0.1) is 6.92 Å². The summed E-state index contributed by atoms with van der Waals surface area (Å²) in [4.78, 5) is 30.6. The van der Waals surface area contributed by atoms with Crippen LogP contribution < -0.4 is 15.8 Å². The lowest BCUT2D eigenvalue weighted by molar-refractivity contribution is 0.0917. The number of aryl methyl sites for hydroxylation is 1. The first-order chi connectivity index (χ1) is 17.1. The highest BCUT2D eigenvalue weighted by Gasteiger charge is 2.22. The Bertz CT molecular complexity index is 1370. The van der Waals surface area contributed by atoms with Crippen molar-refractivity contribution < 1.29 is 9.21 Å². The van der Waals surface area contributed by atoms with Gasteiger partial charge in [0.05, 0.1) is 5.39 Å². The van der Waals surface area contributed by atoms with Gasteiger partial charge in [0, 0.05) is 55.9 Å². The number of nitrogens with one attached hydrogen (secondary N) is 1. The largest absolute Gasteiger partial charge is 0.416 e. The lowest BCUT2D eigenvalue weighted by Gasteiger charge is -2.36. The van der Waals surface area contributed by atoms with E-state index in [1.54, 1.807) is 12.1 Å². The molecule has 0 atom stereocenters. The van der Waals surface area contributed by atoms with Gasteiger partial charge < -0.3 is 14.6 Å². The van der Waals surface area contributed by atoms with Gasteiger partial charge in [-0.3, -0.25) is 9.69 Å². The quantitative estimate of drug-likeness (QED) is 0.458. The maximum atomic E-state index is 13.2. The van der Waals surface area contributed by atoms with E-state index in [1.165, 1.54) is 5.69 Å². The molecule has 1 saturated heterocycles. The summed E-state index contributed by atoms with van der Waals surface area (Å²) in [5.41, 5.74) is 3.36. The summed E-state index contributed by atoms with van der Waals surface area (Å²) in [7, 11) is 0. The Hall–Kier alpha value is -3.90. The number of fused-ring (bicyclic) bond motifs is 1. The van der Waals surface area contributed by atoms with Crippen molar-refractivity contribution in [2.24, 2.45) is 0 Å².